The minimum atomic E-state index is -0.0900. The van der Waals surface area contributed by atoms with Gasteiger partial charge in [0.15, 0.2) is 0 Å². The summed E-state index contributed by atoms with van der Waals surface area (Å²) in [6.45, 7) is 6.87. The van der Waals surface area contributed by atoms with Gasteiger partial charge < -0.3 is 5.32 Å². The van der Waals surface area contributed by atoms with Gasteiger partial charge in [-0.3, -0.25) is 9.78 Å². The van der Waals surface area contributed by atoms with E-state index in [1.165, 1.54) is 16.9 Å². The van der Waals surface area contributed by atoms with Gasteiger partial charge in [0.2, 0.25) is 0 Å². The fourth-order valence-corrected chi connectivity index (χ4v) is 3.18. The first-order valence-corrected chi connectivity index (χ1v) is 9.06. The molecule has 0 unspecified atom stereocenters. The van der Waals surface area contributed by atoms with Gasteiger partial charge in [-0.2, -0.15) is 0 Å². The highest BCUT2D eigenvalue weighted by Crippen LogP contribution is 2.23. The van der Waals surface area contributed by atoms with Crippen molar-refractivity contribution in [2.45, 2.75) is 32.7 Å². The summed E-state index contributed by atoms with van der Waals surface area (Å²) in [7, 11) is 0. The molecule has 0 atom stereocenters. The van der Waals surface area contributed by atoms with E-state index in [2.05, 4.69) is 36.1 Å². The number of thiazole rings is 1. The van der Waals surface area contributed by atoms with Crippen molar-refractivity contribution in [1.82, 2.24) is 15.3 Å². The van der Waals surface area contributed by atoms with Gasteiger partial charge in [0.1, 0.15) is 5.01 Å². The summed E-state index contributed by atoms with van der Waals surface area (Å²) in [5.41, 5.74) is 3.64. The third-order valence-electron chi connectivity index (χ3n) is 3.88. The van der Waals surface area contributed by atoms with Crippen molar-refractivity contribution in [3.05, 3.63) is 70.9 Å². The molecule has 3 rings (SSSR count). The topological polar surface area (TPSA) is 54.9 Å². The quantitative estimate of drug-likeness (QED) is 0.756. The summed E-state index contributed by atoms with van der Waals surface area (Å²) >= 11 is 1.53. The smallest absolute Gasteiger partial charge is 0.251 e. The normalized spacial score (nSPS) is 11.3. The zero-order chi connectivity index (χ0) is 17.9. The Morgan fingerprint density at radius 1 is 1.12 bits per heavy atom. The van der Waals surface area contributed by atoms with E-state index in [-0.39, 0.29) is 11.3 Å². The Morgan fingerprint density at radius 2 is 1.88 bits per heavy atom. The number of hydrogen-bond acceptors (Lipinski definition) is 4. The SMILES string of the molecule is CC(C)(C)c1ccc(C(=O)NCc2csc(-c3ccccn3)n2)cc1. The molecule has 0 aliphatic rings. The van der Waals surface area contributed by atoms with Crippen molar-refractivity contribution >= 4 is 17.2 Å². The summed E-state index contributed by atoms with van der Waals surface area (Å²) < 4.78 is 0. The molecule has 1 amide bonds. The standard InChI is InChI=1S/C20H21N3OS/c1-20(2,3)15-9-7-14(8-10-15)18(24)22-12-16-13-25-19(23-16)17-6-4-5-11-21-17/h4-11,13H,12H2,1-3H3,(H,22,24). The summed E-state index contributed by atoms with van der Waals surface area (Å²) in [5, 5.41) is 5.73. The number of benzene rings is 1. The van der Waals surface area contributed by atoms with Gasteiger partial charge in [-0.1, -0.05) is 39.0 Å². The van der Waals surface area contributed by atoms with Crippen LogP contribution in [0.2, 0.25) is 0 Å². The molecule has 2 heterocycles. The van der Waals surface area contributed by atoms with Gasteiger partial charge in [0, 0.05) is 17.1 Å². The van der Waals surface area contributed by atoms with Crippen molar-refractivity contribution in [1.29, 1.82) is 0 Å². The van der Waals surface area contributed by atoms with Crippen LogP contribution in [0.4, 0.5) is 0 Å². The molecule has 0 saturated heterocycles. The van der Waals surface area contributed by atoms with Gasteiger partial charge >= 0.3 is 0 Å². The Bertz CT molecular complexity index is 849. The van der Waals surface area contributed by atoms with Crippen LogP contribution in [0.3, 0.4) is 0 Å². The Balaban J connectivity index is 1.62. The van der Waals surface area contributed by atoms with Crippen LogP contribution in [-0.2, 0) is 12.0 Å². The van der Waals surface area contributed by atoms with E-state index in [4.69, 9.17) is 0 Å². The van der Waals surface area contributed by atoms with E-state index < -0.39 is 0 Å². The van der Waals surface area contributed by atoms with Crippen LogP contribution >= 0.6 is 11.3 Å². The molecule has 128 valence electrons. The summed E-state index contributed by atoms with van der Waals surface area (Å²) in [6.07, 6.45) is 1.75. The van der Waals surface area contributed by atoms with Crippen molar-refractivity contribution in [3.63, 3.8) is 0 Å². The van der Waals surface area contributed by atoms with Crippen molar-refractivity contribution in [2.24, 2.45) is 0 Å². The monoisotopic (exact) mass is 351 g/mol. The molecule has 0 saturated carbocycles. The lowest BCUT2D eigenvalue weighted by atomic mass is 9.87. The number of carbonyl (C=O) groups is 1. The molecule has 0 aliphatic heterocycles. The summed E-state index contributed by atoms with van der Waals surface area (Å²) in [5.74, 6) is -0.0900. The lowest BCUT2D eigenvalue weighted by Gasteiger charge is -2.19. The number of carbonyl (C=O) groups excluding carboxylic acids is 1. The van der Waals surface area contributed by atoms with E-state index >= 15 is 0 Å². The van der Waals surface area contributed by atoms with Gasteiger partial charge in [-0.25, -0.2) is 4.98 Å². The van der Waals surface area contributed by atoms with Gasteiger partial charge in [0.05, 0.1) is 17.9 Å². The number of aromatic nitrogens is 2. The molecule has 1 aromatic carbocycles. The minimum absolute atomic E-state index is 0.0808. The third kappa shape index (κ3) is 4.31. The molecule has 0 spiro atoms. The number of hydrogen-bond donors (Lipinski definition) is 1. The van der Waals surface area contributed by atoms with Gasteiger partial charge in [-0.05, 0) is 35.2 Å². The molecule has 1 N–H and O–H groups in total. The Morgan fingerprint density at radius 3 is 2.52 bits per heavy atom. The van der Waals surface area contributed by atoms with Gasteiger partial charge in [0.25, 0.3) is 5.91 Å². The van der Waals surface area contributed by atoms with E-state index in [9.17, 15) is 4.79 Å². The first-order chi connectivity index (χ1) is 11.9. The average Bonchev–Trinajstić information content (AvgIpc) is 3.09. The molecule has 3 aromatic rings. The van der Waals surface area contributed by atoms with Crippen molar-refractivity contribution in [2.75, 3.05) is 0 Å². The summed E-state index contributed by atoms with van der Waals surface area (Å²) in [4.78, 5) is 21.1. The van der Waals surface area contributed by atoms with Crippen LogP contribution in [-0.4, -0.2) is 15.9 Å². The fraction of sp³-hybridized carbons (Fsp3) is 0.250. The Kier molecular flexibility index (Phi) is 4.95. The maximum Gasteiger partial charge on any atom is 0.251 e. The minimum Gasteiger partial charge on any atom is -0.346 e. The average molecular weight is 351 g/mol. The largest absolute Gasteiger partial charge is 0.346 e. The van der Waals surface area contributed by atoms with E-state index in [0.717, 1.165) is 16.4 Å². The van der Waals surface area contributed by atoms with Crippen molar-refractivity contribution < 1.29 is 4.79 Å². The molecule has 2 aromatic heterocycles. The maximum atomic E-state index is 12.3. The second-order valence-electron chi connectivity index (χ2n) is 6.87. The zero-order valence-corrected chi connectivity index (χ0v) is 15.4. The predicted octanol–water partition coefficient (Wildman–Crippen LogP) is 4.43. The van der Waals surface area contributed by atoms with E-state index in [0.29, 0.717) is 12.1 Å². The number of pyridine rings is 1. The number of amides is 1. The highest BCUT2D eigenvalue weighted by Gasteiger charge is 2.14. The van der Waals surface area contributed by atoms with Crippen LogP contribution in [0.25, 0.3) is 10.7 Å². The number of rotatable bonds is 4. The van der Waals surface area contributed by atoms with Crippen molar-refractivity contribution in [3.8, 4) is 10.7 Å². The van der Waals surface area contributed by atoms with E-state index in [1.807, 2.05) is 47.8 Å². The number of nitrogens with one attached hydrogen (secondary N) is 1. The second-order valence-corrected chi connectivity index (χ2v) is 7.73. The Labute approximate surface area is 152 Å². The van der Waals surface area contributed by atoms with Crippen LogP contribution < -0.4 is 5.32 Å². The third-order valence-corrected chi connectivity index (χ3v) is 4.79. The molecule has 4 nitrogen and oxygen atoms in total. The van der Waals surface area contributed by atoms with Crippen LogP contribution in [0.5, 0.6) is 0 Å². The maximum absolute atomic E-state index is 12.3. The number of nitrogens with zero attached hydrogens (tertiary/aromatic N) is 2. The highest BCUT2D eigenvalue weighted by atomic mass is 32.1. The van der Waals surface area contributed by atoms with Crippen LogP contribution in [0.15, 0.2) is 54.0 Å². The summed E-state index contributed by atoms with van der Waals surface area (Å²) in [6, 6.07) is 13.5. The molecule has 5 heteroatoms. The zero-order valence-electron chi connectivity index (χ0n) is 14.6. The molecule has 0 fully saturated rings. The molecule has 25 heavy (non-hydrogen) atoms. The second kappa shape index (κ2) is 7.15. The predicted molar refractivity (Wildman–Crippen MR) is 102 cm³/mol. The lowest BCUT2D eigenvalue weighted by molar-refractivity contribution is 0.0950. The molecular weight excluding hydrogens is 330 g/mol. The Hall–Kier alpha value is -2.53. The first-order valence-electron chi connectivity index (χ1n) is 8.18. The van der Waals surface area contributed by atoms with Crippen LogP contribution in [0.1, 0.15) is 42.4 Å². The molecule has 0 bridgehead atoms. The van der Waals surface area contributed by atoms with Gasteiger partial charge in [-0.15, -0.1) is 11.3 Å². The lowest BCUT2D eigenvalue weighted by Crippen LogP contribution is -2.23. The molecule has 0 aliphatic carbocycles. The van der Waals surface area contributed by atoms with Crippen LogP contribution in [0, 0.1) is 0 Å². The van der Waals surface area contributed by atoms with E-state index in [1.54, 1.807) is 6.20 Å². The highest BCUT2D eigenvalue weighted by molar-refractivity contribution is 7.13. The molecular formula is C20H21N3OS. The first kappa shape index (κ1) is 17.3. The molecule has 0 radical (unpaired) electrons. The fourth-order valence-electron chi connectivity index (χ4n) is 2.39.